The molecule has 0 fully saturated rings. The van der Waals surface area contributed by atoms with E-state index in [9.17, 15) is 5.11 Å². The van der Waals surface area contributed by atoms with Crippen LogP contribution in [0.5, 0.6) is 5.75 Å². The molecule has 0 bridgehead atoms. The van der Waals surface area contributed by atoms with E-state index in [4.69, 9.17) is 4.98 Å². The maximum atomic E-state index is 11.0. The summed E-state index contributed by atoms with van der Waals surface area (Å²) < 4.78 is 0. The summed E-state index contributed by atoms with van der Waals surface area (Å²) in [6.07, 6.45) is 3.50. The van der Waals surface area contributed by atoms with Crippen LogP contribution in [0.1, 0.15) is 26.3 Å². The van der Waals surface area contributed by atoms with Gasteiger partial charge >= 0.3 is 0 Å². The minimum atomic E-state index is -0.202. The summed E-state index contributed by atoms with van der Waals surface area (Å²) in [6.45, 7) is 6.22. The van der Waals surface area contributed by atoms with Gasteiger partial charge < -0.3 is 10.0 Å². The molecule has 2 aromatic heterocycles. The van der Waals surface area contributed by atoms with Crippen LogP contribution in [-0.2, 0) is 26.5 Å². The van der Waals surface area contributed by atoms with E-state index in [1.807, 2.05) is 91.0 Å². The van der Waals surface area contributed by atoms with Crippen molar-refractivity contribution in [1.29, 1.82) is 0 Å². The molecule has 0 aliphatic heterocycles. The molecule has 37 heavy (non-hydrogen) atoms. The maximum Gasteiger partial charge on any atom is 0.154 e. The normalized spacial score (nSPS) is 11.0. The van der Waals surface area contributed by atoms with Crippen LogP contribution in [0.25, 0.3) is 22.6 Å². The van der Waals surface area contributed by atoms with Crippen molar-refractivity contribution in [2.24, 2.45) is 0 Å². The summed E-state index contributed by atoms with van der Waals surface area (Å²) in [4.78, 5) is 15.9. The van der Waals surface area contributed by atoms with E-state index in [1.165, 1.54) is 0 Å². The van der Waals surface area contributed by atoms with Crippen LogP contribution >= 0.6 is 0 Å². The molecule has 5 nitrogen and oxygen atoms in total. The Morgan fingerprint density at radius 1 is 0.757 bits per heavy atom. The molecular weight excluding hydrogens is 639 g/mol. The van der Waals surface area contributed by atoms with Crippen molar-refractivity contribution < 1.29 is 26.2 Å². The van der Waals surface area contributed by atoms with Crippen LogP contribution in [-0.4, -0.2) is 20.1 Å². The number of aromatic nitrogens is 3. The van der Waals surface area contributed by atoms with E-state index in [0.717, 1.165) is 34.0 Å². The number of nitrogens with zero attached hydrogens (tertiary/aromatic N) is 4. The molecule has 5 rings (SSSR count). The molecule has 5 aromatic rings. The predicted octanol–water partition coefficient (Wildman–Crippen LogP) is 7.48. The SMILES string of the molecule is CC(C)(C)c1cccc(-c2nccc(-c3[c-]c(N(c4ccccc4)c4ccccn4)ccc3)n2)c1O.[Pt]. The summed E-state index contributed by atoms with van der Waals surface area (Å²) in [5.74, 6) is 1.48. The average molecular weight is 667 g/mol. The molecule has 0 spiro atoms. The molecule has 0 saturated carbocycles. The minimum absolute atomic E-state index is 0. The topological polar surface area (TPSA) is 62.1 Å². The van der Waals surface area contributed by atoms with Gasteiger partial charge in [-0.05, 0) is 52.7 Å². The van der Waals surface area contributed by atoms with E-state index in [2.05, 4.69) is 41.7 Å². The quantitative estimate of drug-likeness (QED) is 0.197. The number of para-hydroxylation sites is 2. The van der Waals surface area contributed by atoms with Crippen molar-refractivity contribution in [2.45, 2.75) is 26.2 Å². The average Bonchev–Trinajstić information content (AvgIpc) is 2.90. The third-order valence-corrected chi connectivity index (χ3v) is 5.93. The number of anilines is 3. The molecule has 0 amide bonds. The van der Waals surface area contributed by atoms with Gasteiger partial charge in [-0.15, -0.1) is 29.8 Å². The van der Waals surface area contributed by atoms with E-state index < -0.39 is 0 Å². The fourth-order valence-electron chi connectivity index (χ4n) is 4.16. The van der Waals surface area contributed by atoms with E-state index >= 15 is 0 Å². The van der Waals surface area contributed by atoms with Gasteiger partial charge in [-0.3, -0.25) is 4.98 Å². The van der Waals surface area contributed by atoms with Crippen LogP contribution in [0.2, 0.25) is 0 Å². The molecular formula is C31H27N4OPt-. The maximum absolute atomic E-state index is 11.0. The van der Waals surface area contributed by atoms with Gasteiger partial charge in [0.25, 0.3) is 0 Å². The first-order chi connectivity index (χ1) is 17.4. The summed E-state index contributed by atoms with van der Waals surface area (Å²) >= 11 is 0. The molecule has 0 saturated heterocycles. The van der Waals surface area contributed by atoms with Crippen LogP contribution in [0.3, 0.4) is 0 Å². The van der Waals surface area contributed by atoms with Gasteiger partial charge in [0.1, 0.15) is 11.6 Å². The Morgan fingerprint density at radius 2 is 1.51 bits per heavy atom. The number of phenolic OH excluding ortho intramolecular Hbond substituents is 1. The number of pyridine rings is 1. The third kappa shape index (κ3) is 5.63. The Bertz CT molecular complexity index is 1450. The molecule has 6 heteroatoms. The van der Waals surface area contributed by atoms with Crippen molar-refractivity contribution in [2.75, 3.05) is 4.90 Å². The van der Waals surface area contributed by atoms with Gasteiger partial charge in [0.15, 0.2) is 5.82 Å². The molecule has 3 aromatic carbocycles. The van der Waals surface area contributed by atoms with Crippen molar-refractivity contribution >= 4 is 17.2 Å². The second kappa shape index (κ2) is 11.1. The second-order valence-corrected chi connectivity index (χ2v) is 9.53. The zero-order valence-corrected chi connectivity index (χ0v) is 23.1. The zero-order valence-electron chi connectivity index (χ0n) is 20.9. The first kappa shape index (κ1) is 26.2. The van der Waals surface area contributed by atoms with Gasteiger partial charge in [0.2, 0.25) is 0 Å². The van der Waals surface area contributed by atoms with Gasteiger partial charge in [-0.2, -0.15) is 0 Å². The van der Waals surface area contributed by atoms with E-state index in [-0.39, 0.29) is 32.2 Å². The van der Waals surface area contributed by atoms with Crippen molar-refractivity contribution in [1.82, 2.24) is 15.0 Å². The molecule has 0 aliphatic rings. The Hall–Kier alpha value is -3.82. The van der Waals surface area contributed by atoms with Crippen LogP contribution in [0.4, 0.5) is 17.2 Å². The monoisotopic (exact) mass is 666 g/mol. The van der Waals surface area contributed by atoms with E-state index in [0.29, 0.717) is 11.4 Å². The van der Waals surface area contributed by atoms with Crippen molar-refractivity contribution in [3.05, 3.63) is 115 Å². The molecule has 0 unspecified atom stereocenters. The van der Waals surface area contributed by atoms with Gasteiger partial charge in [0, 0.05) is 39.1 Å². The first-order valence-corrected chi connectivity index (χ1v) is 11.9. The minimum Gasteiger partial charge on any atom is -0.507 e. The Labute approximate surface area is 232 Å². The van der Waals surface area contributed by atoms with Crippen molar-refractivity contribution in [3.63, 3.8) is 0 Å². The van der Waals surface area contributed by atoms with Gasteiger partial charge in [-0.25, -0.2) is 9.97 Å². The van der Waals surface area contributed by atoms with E-state index in [1.54, 1.807) is 12.4 Å². The third-order valence-electron chi connectivity index (χ3n) is 5.93. The Balaban J connectivity index is 0.00000320. The summed E-state index contributed by atoms with van der Waals surface area (Å²) in [5, 5.41) is 11.0. The Kier molecular flexibility index (Phi) is 7.85. The number of hydrogen-bond donors (Lipinski definition) is 1. The summed E-state index contributed by atoms with van der Waals surface area (Å²) in [6, 6.07) is 33.0. The molecule has 0 atom stereocenters. The van der Waals surface area contributed by atoms with Gasteiger partial charge in [0.05, 0.1) is 5.56 Å². The number of aromatic hydroxyl groups is 1. The molecule has 0 radical (unpaired) electrons. The molecule has 1 N–H and O–H groups in total. The van der Waals surface area contributed by atoms with Crippen molar-refractivity contribution in [3.8, 4) is 28.4 Å². The largest absolute Gasteiger partial charge is 0.507 e. The number of phenols is 1. The number of hydrogen-bond acceptors (Lipinski definition) is 5. The number of rotatable bonds is 5. The Morgan fingerprint density at radius 3 is 2.24 bits per heavy atom. The zero-order chi connectivity index (χ0) is 25.1. The molecule has 2 heterocycles. The summed E-state index contributed by atoms with van der Waals surface area (Å²) in [5.41, 5.74) is 4.63. The van der Waals surface area contributed by atoms with Crippen LogP contribution in [0.15, 0.2) is 103 Å². The fraction of sp³-hybridized carbons (Fsp3) is 0.129. The van der Waals surface area contributed by atoms with Crippen LogP contribution in [0, 0.1) is 6.07 Å². The molecule has 188 valence electrons. The fourth-order valence-corrected chi connectivity index (χ4v) is 4.16. The molecule has 0 aliphatic carbocycles. The summed E-state index contributed by atoms with van der Waals surface area (Å²) in [7, 11) is 0. The predicted molar refractivity (Wildman–Crippen MR) is 145 cm³/mol. The smallest absolute Gasteiger partial charge is 0.154 e. The van der Waals surface area contributed by atoms with Gasteiger partial charge in [-0.1, -0.05) is 63.2 Å². The van der Waals surface area contributed by atoms with Crippen LogP contribution < -0.4 is 4.90 Å². The number of benzene rings is 3. The first-order valence-electron chi connectivity index (χ1n) is 11.9. The second-order valence-electron chi connectivity index (χ2n) is 9.53. The standard InChI is InChI=1S/C31H27N4O.Pt/c1-31(2,3)26-16-10-15-25(29(26)36)30-33-20-18-27(34-30)22-11-9-14-24(21-22)35(23-12-5-4-6-13-23)28-17-7-8-19-32-28;/h4-20,36H,1-3H3;/q-1;.